The topological polar surface area (TPSA) is 15.8 Å². The minimum Gasteiger partial charge on any atom is -0.361 e. The fourth-order valence-corrected chi connectivity index (χ4v) is 1.05. The highest BCUT2D eigenvalue weighted by Gasteiger charge is 2.02. The Bertz CT molecular complexity index is 220. The van der Waals surface area contributed by atoms with E-state index in [-0.39, 0.29) is 0 Å². The van der Waals surface area contributed by atoms with Crippen molar-refractivity contribution in [2.24, 2.45) is 0 Å². The minimum absolute atomic E-state index is 1.11. The van der Waals surface area contributed by atoms with Crippen LogP contribution < -0.4 is 0 Å². The quantitative estimate of drug-likeness (QED) is 0.515. The molecule has 0 bridgehead atoms. The van der Waals surface area contributed by atoms with Gasteiger partial charge in [0.05, 0.1) is 0 Å². The zero-order valence-corrected chi connectivity index (χ0v) is 4.52. The van der Waals surface area contributed by atoms with Crippen LogP contribution in [0.2, 0.25) is 0 Å². The van der Waals surface area contributed by atoms with Gasteiger partial charge in [-0.1, -0.05) is 6.08 Å². The second-order valence-corrected chi connectivity index (χ2v) is 2.02. The summed E-state index contributed by atoms with van der Waals surface area (Å²) in [6.45, 7) is 0. The number of rotatable bonds is 0. The largest absolute Gasteiger partial charge is 0.361 e. The van der Waals surface area contributed by atoms with Crippen molar-refractivity contribution in [3.63, 3.8) is 0 Å². The van der Waals surface area contributed by atoms with Gasteiger partial charge >= 0.3 is 0 Å². The van der Waals surface area contributed by atoms with E-state index in [0.29, 0.717) is 0 Å². The molecule has 1 aliphatic carbocycles. The summed E-state index contributed by atoms with van der Waals surface area (Å²) >= 11 is 0. The Kier molecular flexibility index (Phi) is 0.618. The van der Waals surface area contributed by atoms with E-state index in [9.17, 15) is 0 Å². The molecule has 0 aliphatic heterocycles. The number of hydrogen-bond acceptors (Lipinski definition) is 0. The van der Waals surface area contributed by atoms with Crippen molar-refractivity contribution < 1.29 is 0 Å². The van der Waals surface area contributed by atoms with Crippen molar-refractivity contribution in [2.45, 2.75) is 6.42 Å². The van der Waals surface area contributed by atoms with Crippen molar-refractivity contribution in [2.75, 3.05) is 0 Å². The van der Waals surface area contributed by atoms with E-state index in [4.69, 9.17) is 0 Å². The second kappa shape index (κ2) is 1.25. The van der Waals surface area contributed by atoms with Crippen molar-refractivity contribution in [3.8, 4) is 0 Å². The Labute approximate surface area is 48.0 Å². The highest BCUT2D eigenvalue weighted by Crippen LogP contribution is 2.15. The second-order valence-electron chi connectivity index (χ2n) is 2.02. The average Bonchev–Trinajstić information content (AvgIpc) is 2.15. The van der Waals surface area contributed by atoms with Crippen molar-refractivity contribution in [3.05, 3.63) is 29.6 Å². The molecule has 0 unspecified atom stereocenters. The Morgan fingerprint density at radius 1 is 1.50 bits per heavy atom. The first-order valence-corrected chi connectivity index (χ1v) is 2.79. The average molecular weight is 105 g/mol. The molecule has 8 heavy (non-hydrogen) atoms. The molecule has 0 fully saturated rings. The lowest BCUT2D eigenvalue weighted by Gasteiger charge is -1.80. The zero-order chi connectivity index (χ0) is 5.40. The molecule has 40 valence electrons. The molecule has 1 aromatic heterocycles. The van der Waals surface area contributed by atoms with Gasteiger partial charge in [-0.05, 0) is 24.1 Å². The molecule has 1 aromatic rings. The molecule has 1 N–H and O–H groups in total. The molecule has 0 spiro atoms. The molecule has 1 nitrogen and oxygen atoms in total. The van der Waals surface area contributed by atoms with Crippen LogP contribution in [0.25, 0.3) is 6.08 Å². The predicted molar refractivity (Wildman–Crippen MR) is 33.5 cm³/mol. The smallest absolute Gasteiger partial charge is 0.0412 e. The fraction of sp³-hybridized carbons (Fsp3) is 0.143. The van der Waals surface area contributed by atoms with Gasteiger partial charge in [0.2, 0.25) is 0 Å². The van der Waals surface area contributed by atoms with Crippen molar-refractivity contribution in [1.82, 2.24) is 4.98 Å². The summed E-state index contributed by atoms with van der Waals surface area (Å²) in [5.41, 5.74) is 2.70. The van der Waals surface area contributed by atoms with Crippen molar-refractivity contribution in [1.29, 1.82) is 0 Å². The predicted octanol–water partition coefficient (Wildman–Crippen LogP) is 1.58. The molecule has 1 aliphatic rings. The number of aromatic amines is 1. The Hall–Kier alpha value is -0.980. The highest BCUT2D eigenvalue weighted by molar-refractivity contribution is 5.55. The maximum absolute atomic E-state index is 3.13. The van der Waals surface area contributed by atoms with Gasteiger partial charge in [-0.3, -0.25) is 0 Å². The number of aromatic nitrogens is 1. The molecule has 2 rings (SSSR count). The molecule has 1 heterocycles. The summed E-state index contributed by atoms with van der Waals surface area (Å²) in [6, 6.07) is 2.12. The Morgan fingerprint density at radius 2 is 2.50 bits per heavy atom. The Balaban J connectivity index is 2.67. The number of nitrogens with one attached hydrogen (secondary N) is 1. The summed E-state index contributed by atoms with van der Waals surface area (Å²) in [5, 5.41) is 0. The first kappa shape index (κ1) is 3.96. The normalized spacial score (nSPS) is 14.5. The van der Waals surface area contributed by atoms with E-state index < -0.39 is 0 Å². The van der Waals surface area contributed by atoms with Gasteiger partial charge in [0.15, 0.2) is 0 Å². The van der Waals surface area contributed by atoms with Crippen LogP contribution in [0.3, 0.4) is 0 Å². The van der Waals surface area contributed by atoms with E-state index in [1.165, 1.54) is 11.3 Å². The van der Waals surface area contributed by atoms with Gasteiger partial charge in [-0.25, -0.2) is 0 Å². The third-order valence-corrected chi connectivity index (χ3v) is 1.49. The molecule has 0 amide bonds. The zero-order valence-electron chi connectivity index (χ0n) is 4.52. The molecule has 0 aromatic carbocycles. The SMILES string of the molecule is C1=Cc2[nH]ccc2C1. The van der Waals surface area contributed by atoms with Gasteiger partial charge in [0.25, 0.3) is 0 Å². The van der Waals surface area contributed by atoms with Crippen LogP contribution in [0, 0.1) is 0 Å². The maximum Gasteiger partial charge on any atom is 0.0412 e. The van der Waals surface area contributed by atoms with Gasteiger partial charge in [-0.15, -0.1) is 0 Å². The fourth-order valence-electron chi connectivity index (χ4n) is 1.05. The summed E-state index contributed by atoms with van der Waals surface area (Å²) in [6.07, 6.45) is 7.38. The number of H-pyrrole nitrogens is 1. The van der Waals surface area contributed by atoms with Crippen LogP contribution in [-0.2, 0) is 6.42 Å². The maximum atomic E-state index is 3.13. The number of hydrogen-bond donors (Lipinski definition) is 1. The molecular weight excluding hydrogens is 98.1 g/mol. The number of fused-ring (bicyclic) bond motifs is 1. The third kappa shape index (κ3) is 0.360. The monoisotopic (exact) mass is 105 g/mol. The molecule has 1 heteroatoms. The van der Waals surface area contributed by atoms with Crippen LogP contribution in [0.15, 0.2) is 18.3 Å². The first-order chi connectivity index (χ1) is 3.97. The van der Waals surface area contributed by atoms with Crippen LogP contribution in [0.5, 0.6) is 0 Å². The van der Waals surface area contributed by atoms with Gasteiger partial charge < -0.3 is 4.98 Å². The van der Waals surface area contributed by atoms with Gasteiger partial charge in [-0.2, -0.15) is 0 Å². The molecule has 0 saturated heterocycles. The van der Waals surface area contributed by atoms with E-state index in [1.54, 1.807) is 0 Å². The summed E-state index contributed by atoms with van der Waals surface area (Å²) < 4.78 is 0. The van der Waals surface area contributed by atoms with E-state index in [1.807, 2.05) is 6.20 Å². The number of allylic oxidation sites excluding steroid dienone is 1. The molecular formula is C7H7N. The van der Waals surface area contributed by atoms with Crippen LogP contribution in [0.1, 0.15) is 11.3 Å². The molecule has 0 atom stereocenters. The van der Waals surface area contributed by atoms with E-state index >= 15 is 0 Å². The lowest BCUT2D eigenvalue weighted by molar-refractivity contribution is 1.31. The van der Waals surface area contributed by atoms with Crippen LogP contribution >= 0.6 is 0 Å². The highest BCUT2D eigenvalue weighted by atomic mass is 14.7. The minimum atomic E-state index is 1.11. The van der Waals surface area contributed by atoms with Crippen molar-refractivity contribution >= 4 is 6.08 Å². The van der Waals surface area contributed by atoms with Gasteiger partial charge in [0, 0.05) is 11.9 Å². The Morgan fingerprint density at radius 3 is 3.38 bits per heavy atom. The lowest BCUT2D eigenvalue weighted by Crippen LogP contribution is -1.70. The van der Waals surface area contributed by atoms with Gasteiger partial charge in [0.1, 0.15) is 0 Å². The lowest BCUT2D eigenvalue weighted by atomic mass is 10.3. The van der Waals surface area contributed by atoms with Crippen LogP contribution in [-0.4, -0.2) is 4.98 Å². The summed E-state index contributed by atoms with van der Waals surface area (Å²) in [7, 11) is 0. The van der Waals surface area contributed by atoms with E-state index in [2.05, 4.69) is 23.2 Å². The molecule has 0 saturated carbocycles. The third-order valence-electron chi connectivity index (χ3n) is 1.49. The van der Waals surface area contributed by atoms with Crippen LogP contribution in [0.4, 0.5) is 0 Å². The molecule has 0 radical (unpaired) electrons. The van der Waals surface area contributed by atoms with E-state index in [0.717, 1.165) is 6.42 Å². The first-order valence-electron chi connectivity index (χ1n) is 2.79. The standard InChI is InChI=1S/C7H7N/c1-2-6-4-5-8-7(6)3-1/h1,3-5,8H,2H2. The summed E-state index contributed by atoms with van der Waals surface area (Å²) in [5.74, 6) is 0. The summed E-state index contributed by atoms with van der Waals surface area (Å²) in [4.78, 5) is 3.13.